The zero-order chi connectivity index (χ0) is 23.0. The number of aromatic nitrogens is 2. The zero-order valence-corrected chi connectivity index (χ0v) is 18.9. The number of amides is 1. The number of carbonyl (C=O) groups is 1. The van der Waals surface area contributed by atoms with Crippen molar-refractivity contribution in [3.8, 4) is 11.3 Å². The van der Waals surface area contributed by atoms with Crippen LogP contribution in [0.15, 0.2) is 46.2 Å². The monoisotopic (exact) mass is 469 g/mol. The summed E-state index contributed by atoms with van der Waals surface area (Å²) in [6, 6.07) is 3.98. The van der Waals surface area contributed by atoms with Crippen molar-refractivity contribution in [2.24, 2.45) is 0 Å². The highest BCUT2D eigenvalue weighted by molar-refractivity contribution is 7.90. The van der Waals surface area contributed by atoms with Crippen LogP contribution in [-0.4, -0.2) is 41.0 Å². The van der Waals surface area contributed by atoms with Crippen LogP contribution in [0.25, 0.3) is 11.3 Å². The summed E-state index contributed by atoms with van der Waals surface area (Å²) in [5.74, 6) is -1.99. The molecule has 0 bridgehead atoms. The van der Waals surface area contributed by atoms with Gasteiger partial charge in [0.25, 0.3) is 10.0 Å². The van der Waals surface area contributed by atoms with E-state index < -0.39 is 39.2 Å². The van der Waals surface area contributed by atoms with Crippen LogP contribution in [0, 0.1) is 11.8 Å². The number of ether oxygens (including phenoxy) is 1. The molecule has 1 amide bonds. The number of halogens is 2. The van der Waals surface area contributed by atoms with Gasteiger partial charge in [0, 0.05) is 30.4 Å². The van der Waals surface area contributed by atoms with Gasteiger partial charge in [-0.05, 0) is 44.4 Å². The fourth-order valence-corrected chi connectivity index (χ4v) is 5.19. The molecule has 0 aromatic carbocycles. The molecular formula is C20H21F2N3O4S2. The smallest absolute Gasteiger partial charge is 0.410 e. The van der Waals surface area contributed by atoms with Crippen LogP contribution < -0.4 is 0 Å². The van der Waals surface area contributed by atoms with Gasteiger partial charge in [-0.25, -0.2) is 26.6 Å². The van der Waals surface area contributed by atoms with Crippen molar-refractivity contribution in [2.45, 2.75) is 37.8 Å². The molecule has 0 fully saturated rings. The van der Waals surface area contributed by atoms with Crippen molar-refractivity contribution in [3.63, 3.8) is 0 Å². The Hall–Kier alpha value is -2.79. The van der Waals surface area contributed by atoms with E-state index in [1.165, 1.54) is 36.8 Å². The second kappa shape index (κ2) is 8.39. The summed E-state index contributed by atoms with van der Waals surface area (Å²) in [6.07, 6.45) is 1.51. The van der Waals surface area contributed by atoms with Gasteiger partial charge in [0.1, 0.15) is 11.3 Å². The topological polar surface area (TPSA) is 81.5 Å². The first kappa shape index (κ1) is 22.9. The standard InChI is InChI=1S/C20H21F2N3O4S2/c1-20(2,3)29-19(26)24(4)10-13-11-25(31(27,28)14-7-9-30-12-14)17(16(13)21)15-6-5-8-23-18(15)22/h5-9,11-12H,10H2,1-4H3. The van der Waals surface area contributed by atoms with Gasteiger partial charge in [0.15, 0.2) is 5.82 Å². The van der Waals surface area contributed by atoms with Crippen molar-refractivity contribution in [2.75, 3.05) is 7.05 Å². The third-order valence-electron chi connectivity index (χ3n) is 4.16. The van der Waals surface area contributed by atoms with Gasteiger partial charge in [-0.1, -0.05) is 0 Å². The summed E-state index contributed by atoms with van der Waals surface area (Å²) in [7, 11) is -2.83. The number of rotatable bonds is 5. The number of thiophene rings is 1. The first-order chi connectivity index (χ1) is 14.4. The average molecular weight is 470 g/mol. The quantitative estimate of drug-likeness (QED) is 0.514. The molecule has 0 aliphatic rings. The van der Waals surface area contributed by atoms with Crippen molar-refractivity contribution >= 4 is 27.5 Å². The Kier molecular flexibility index (Phi) is 6.19. The molecule has 3 rings (SSSR count). The zero-order valence-electron chi connectivity index (χ0n) is 17.3. The van der Waals surface area contributed by atoms with E-state index in [2.05, 4.69) is 4.98 Å². The molecule has 11 heteroatoms. The second-order valence-electron chi connectivity index (χ2n) is 7.76. The Morgan fingerprint density at radius 1 is 1.29 bits per heavy atom. The lowest BCUT2D eigenvalue weighted by molar-refractivity contribution is 0.0284. The van der Waals surface area contributed by atoms with Crippen LogP contribution in [-0.2, 0) is 21.3 Å². The Morgan fingerprint density at radius 3 is 2.58 bits per heavy atom. The Labute approximate surface area is 183 Å². The van der Waals surface area contributed by atoms with Crippen LogP contribution in [0.3, 0.4) is 0 Å². The maximum atomic E-state index is 15.4. The van der Waals surface area contributed by atoms with Crippen LogP contribution >= 0.6 is 11.3 Å². The van der Waals surface area contributed by atoms with Gasteiger partial charge in [-0.2, -0.15) is 15.7 Å². The van der Waals surface area contributed by atoms with E-state index in [-0.39, 0.29) is 22.6 Å². The summed E-state index contributed by atoms with van der Waals surface area (Å²) in [5.41, 5.74) is -1.69. The minimum atomic E-state index is -4.22. The molecule has 7 nitrogen and oxygen atoms in total. The molecule has 31 heavy (non-hydrogen) atoms. The molecule has 0 spiro atoms. The molecule has 0 saturated heterocycles. The van der Waals surface area contributed by atoms with Crippen molar-refractivity contribution in [3.05, 3.63) is 58.7 Å². The van der Waals surface area contributed by atoms with Crippen molar-refractivity contribution < 1.29 is 26.7 Å². The molecule has 166 valence electrons. The lowest BCUT2D eigenvalue weighted by Crippen LogP contribution is -2.33. The molecule has 0 saturated carbocycles. The molecule has 0 radical (unpaired) electrons. The van der Waals surface area contributed by atoms with Crippen LogP contribution in [0.5, 0.6) is 0 Å². The number of pyridine rings is 1. The first-order valence-electron chi connectivity index (χ1n) is 9.14. The normalized spacial score (nSPS) is 12.1. The summed E-state index contributed by atoms with van der Waals surface area (Å²) in [5, 5.41) is 2.96. The van der Waals surface area contributed by atoms with Gasteiger partial charge in [-0.3, -0.25) is 0 Å². The number of hydrogen-bond donors (Lipinski definition) is 0. The Balaban J connectivity index is 2.11. The van der Waals surface area contributed by atoms with Crippen LogP contribution in [0.4, 0.5) is 13.6 Å². The second-order valence-corrected chi connectivity index (χ2v) is 10.3. The molecule has 0 aliphatic heterocycles. The van der Waals surface area contributed by atoms with E-state index >= 15 is 4.39 Å². The fraction of sp³-hybridized carbons (Fsp3) is 0.300. The van der Waals surface area contributed by atoms with Gasteiger partial charge >= 0.3 is 6.09 Å². The van der Waals surface area contributed by atoms with Gasteiger partial charge in [0.2, 0.25) is 5.95 Å². The maximum absolute atomic E-state index is 15.4. The third kappa shape index (κ3) is 4.77. The number of carbonyl (C=O) groups excluding carboxylic acids is 1. The highest BCUT2D eigenvalue weighted by Crippen LogP contribution is 2.32. The van der Waals surface area contributed by atoms with E-state index in [0.29, 0.717) is 3.97 Å². The molecule has 3 heterocycles. The van der Waals surface area contributed by atoms with Gasteiger partial charge < -0.3 is 9.64 Å². The van der Waals surface area contributed by atoms with Crippen LogP contribution in [0.1, 0.15) is 26.3 Å². The first-order valence-corrected chi connectivity index (χ1v) is 11.5. The van der Waals surface area contributed by atoms with E-state index in [0.717, 1.165) is 22.4 Å². The van der Waals surface area contributed by atoms with E-state index in [1.807, 2.05) is 0 Å². The number of nitrogens with zero attached hydrogens (tertiary/aromatic N) is 3. The molecule has 3 aromatic rings. The molecular weight excluding hydrogens is 448 g/mol. The lowest BCUT2D eigenvalue weighted by Gasteiger charge is -2.24. The minimum Gasteiger partial charge on any atom is -0.444 e. The highest BCUT2D eigenvalue weighted by Gasteiger charge is 2.30. The van der Waals surface area contributed by atoms with Crippen LogP contribution in [0.2, 0.25) is 0 Å². The molecule has 0 N–H and O–H groups in total. The average Bonchev–Trinajstić information content (AvgIpc) is 3.31. The Morgan fingerprint density at radius 2 is 2.00 bits per heavy atom. The van der Waals surface area contributed by atoms with E-state index in [1.54, 1.807) is 26.2 Å². The summed E-state index contributed by atoms with van der Waals surface area (Å²) >= 11 is 1.15. The lowest BCUT2D eigenvalue weighted by atomic mass is 10.1. The van der Waals surface area contributed by atoms with Gasteiger partial charge in [0.05, 0.1) is 17.0 Å². The van der Waals surface area contributed by atoms with E-state index in [4.69, 9.17) is 4.74 Å². The largest absolute Gasteiger partial charge is 0.444 e. The minimum absolute atomic E-state index is 0.0647. The molecule has 0 aliphatic carbocycles. The van der Waals surface area contributed by atoms with Gasteiger partial charge in [-0.15, -0.1) is 0 Å². The predicted molar refractivity (Wildman–Crippen MR) is 112 cm³/mol. The summed E-state index contributed by atoms with van der Waals surface area (Å²) in [6.45, 7) is 4.77. The highest BCUT2D eigenvalue weighted by atomic mass is 32.2. The SMILES string of the molecule is CN(Cc1cn(S(=O)(=O)c2ccsc2)c(-c2cccnc2F)c1F)C(=O)OC(C)(C)C. The molecule has 0 unspecified atom stereocenters. The van der Waals surface area contributed by atoms with Crippen molar-refractivity contribution in [1.29, 1.82) is 0 Å². The van der Waals surface area contributed by atoms with E-state index in [9.17, 15) is 17.6 Å². The number of hydrogen-bond acceptors (Lipinski definition) is 6. The molecule has 3 aromatic heterocycles. The predicted octanol–water partition coefficient (Wildman–Crippen LogP) is 4.49. The summed E-state index contributed by atoms with van der Waals surface area (Å²) < 4.78 is 62.0. The van der Waals surface area contributed by atoms with Crippen molar-refractivity contribution in [1.82, 2.24) is 13.9 Å². The fourth-order valence-electron chi connectivity index (χ4n) is 2.78. The maximum Gasteiger partial charge on any atom is 0.410 e. The summed E-state index contributed by atoms with van der Waals surface area (Å²) in [4.78, 5) is 16.8. The molecule has 0 atom stereocenters. The third-order valence-corrected chi connectivity index (χ3v) is 6.65. The Bertz CT molecular complexity index is 1200.